The molecule has 0 aliphatic rings. The zero-order chi connectivity index (χ0) is 12.5. The van der Waals surface area contributed by atoms with E-state index < -0.39 is 0 Å². The molecule has 0 saturated heterocycles. The monoisotopic (exact) mass is 248 g/mol. The molecule has 0 aliphatic heterocycles. The highest BCUT2D eigenvalue weighted by atomic mass is 32.2. The molecule has 1 aromatic rings. The lowest BCUT2D eigenvalue weighted by molar-refractivity contribution is 0.305. The highest BCUT2D eigenvalue weighted by molar-refractivity contribution is 7.99. The van der Waals surface area contributed by atoms with Gasteiger partial charge in [0.1, 0.15) is 0 Å². The Bertz CT molecular complexity index is 389. The predicted octanol–water partition coefficient (Wildman–Crippen LogP) is 3.45. The van der Waals surface area contributed by atoms with Crippen molar-refractivity contribution in [2.45, 2.75) is 37.7 Å². The van der Waals surface area contributed by atoms with E-state index in [0.29, 0.717) is 11.7 Å². The third-order valence-corrected chi connectivity index (χ3v) is 3.96. The third-order valence-electron chi connectivity index (χ3n) is 2.58. The van der Waals surface area contributed by atoms with Crippen molar-refractivity contribution in [1.82, 2.24) is 0 Å². The van der Waals surface area contributed by atoms with Crippen molar-refractivity contribution >= 4 is 11.8 Å². The normalized spacial score (nSPS) is 11.7. The number of aliphatic hydroxyl groups is 1. The first kappa shape index (κ1) is 14.2. The Morgan fingerprint density at radius 1 is 1.35 bits per heavy atom. The Hall–Kier alpha value is -0.910. The summed E-state index contributed by atoms with van der Waals surface area (Å²) in [6, 6.07) is 8.26. The van der Waals surface area contributed by atoms with Gasteiger partial charge in [-0.15, -0.1) is 0 Å². The van der Waals surface area contributed by atoms with Crippen LogP contribution in [-0.2, 0) is 5.75 Å². The quantitative estimate of drug-likeness (QED) is 0.805. The molecule has 0 bridgehead atoms. The molecule has 0 heterocycles. The molecule has 0 fully saturated rings. The first-order valence-corrected chi connectivity index (χ1v) is 7.12. The Morgan fingerprint density at radius 2 is 2.12 bits per heavy atom. The minimum Gasteiger partial charge on any atom is -0.395 e. The van der Waals surface area contributed by atoms with Gasteiger partial charge in [0.05, 0.1) is 6.61 Å². The summed E-state index contributed by atoms with van der Waals surface area (Å²) in [7, 11) is 0. The molecule has 1 unspecified atom stereocenters. The number of rotatable bonds is 5. The van der Waals surface area contributed by atoms with E-state index in [2.05, 4.69) is 43.9 Å². The molecule has 0 aliphatic carbocycles. The van der Waals surface area contributed by atoms with E-state index in [1.54, 1.807) is 0 Å². The molecule has 0 spiro atoms. The van der Waals surface area contributed by atoms with Crippen molar-refractivity contribution in [2.75, 3.05) is 6.61 Å². The van der Waals surface area contributed by atoms with Crippen LogP contribution in [0.15, 0.2) is 24.3 Å². The van der Waals surface area contributed by atoms with E-state index in [1.807, 2.05) is 17.8 Å². The first-order chi connectivity index (χ1) is 8.27. The van der Waals surface area contributed by atoms with Crippen LogP contribution in [-0.4, -0.2) is 17.0 Å². The van der Waals surface area contributed by atoms with Gasteiger partial charge in [0.15, 0.2) is 0 Å². The molecular weight excluding hydrogens is 228 g/mol. The Kier molecular flexibility index (Phi) is 6.84. The zero-order valence-corrected chi connectivity index (χ0v) is 11.4. The van der Waals surface area contributed by atoms with Gasteiger partial charge in [0.25, 0.3) is 0 Å². The highest BCUT2D eigenvalue weighted by Gasteiger charge is 2.03. The minimum atomic E-state index is 0.136. The maximum atomic E-state index is 8.72. The van der Waals surface area contributed by atoms with Crippen molar-refractivity contribution in [1.29, 1.82) is 0 Å². The lowest BCUT2D eigenvalue weighted by Crippen LogP contribution is -1.95. The van der Waals surface area contributed by atoms with E-state index >= 15 is 0 Å². The molecule has 1 atom stereocenters. The summed E-state index contributed by atoms with van der Waals surface area (Å²) in [5, 5.41) is 9.40. The second-order valence-electron chi connectivity index (χ2n) is 3.96. The van der Waals surface area contributed by atoms with Gasteiger partial charge in [-0.1, -0.05) is 43.9 Å². The smallest absolute Gasteiger partial charge is 0.0540 e. The summed E-state index contributed by atoms with van der Waals surface area (Å²) in [5.41, 5.74) is 2.39. The molecular formula is C15H20OS. The zero-order valence-electron chi connectivity index (χ0n) is 10.6. The van der Waals surface area contributed by atoms with Crippen molar-refractivity contribution in [3.63, 3.8) is 0 Å². The summed E-state index contributed by atoms with van der Waals surface area (Å²) < 4.78 is 0. The number of benzene rings is 1. The van der Waals surface area contributed by atoms with E-state index in [4.69, 9.17) is 5.11 Å². The van der Waals surface area contributed by atoms with Gasteiger partial charge in [-0.25, -0.2) is 0 Å². The molecule has 1 nitrogen and oxygen atoms in total. The predicted molar refractivity (Wildman–Crippen MR) is 76.1 cm³/mol. The van der Waals surface area contributed by atoms with Crippen molar-refractivity contribution in [3.05, 3.63) is 35.4 Å². The van der Waals surface area contributed by atoms with Gasteiger partial charge in [-0.05, 0) is 18.1 Å². The number of aliphatic hydroxyl groups excluding tert-OH is 1. The third kappa shape index (κ3) is 5.30. The SMILES string of the molecule is CCC(C)SCc1ccccc1C#CCCO. The Labute approximate surface area is 109 Å². The summed E-state index contributed by atoms with van der Waals surface area (Å²) >= 11 is 1.97. The highest BCUT2D eigenvalue weighted by Crippen LogP contribution is 2.21. The van der Waals surface area contributed by atoms with Crippen molar-refractivity contribution < 1.29 is 5.11 Å². The fourth-order valence-corrected chi connectivity index (χ4v) is 2.28. The van der Waals surface area contributed by atoms with Crippen LogP contribution in [0.1, 0.15) is 37.8 Å². The van der Waals surface area contributed by atoms with Crippen molar-refractivity contribution in [2.24, 2.45) is 0 Å². The summed E-state index contributed by atoms with van der Waals surface area (Å²) in [4.78, 5) is 0. The maximum absolute atomic E-state index is 8.72. The van der Waals surface area contributed by atoms with Crippen LogP contribution in [0.3, 0.4) is 0 Å². The average Bonchev–Trinajstić information content (AvgIpc) is 2.37. The van der Waals surface area contributed by atoms with Crippen LogP contribution in [0.2, 0.25) is 0 Å². The number of hydrogen-bond acceptors (Lipinski definition) is 2. The van der Waals surface area contributed by atoms with E-state index in [0.717, 1.165) is 11.3 Å². The van der Waals surface area contributed by atoms with Crippen LogP contribution in [0.25, 0.3) is 0 Å². The van der Waals surface area contributed by atoms with E-state index in [9.17, 15) is 0 Å². The fourth-order valence-electron chi connectivity index (χ4n) is 1.33. The van der Waals surface area contributed by atoms with E-state index in [-0.39, 0.29) is 6.61 Å². The van der Waals surface area contributed by atoms with Gasteiger partial charge in [0.2, 0.25) is 0 Å². The van der Waals surface area contributed by atoms with Gasteiger partial charge < -0.3 is 5.11 Å². The largest absolute Gasteiger partial charge is 0.395 e. The van der Waals surface area contributed by atoms with Crippen LogP contribution in [0.5, 0.6) is 0 Å². The lowest BCUT2D eigenvalue weighted by Gasteiger charge is -2.09. The topological polar surface area (TPSA) is 20.2 Å². The molecule has 0 amide bonds. The second-order valence-corrected chi connectivity index (χ2v) is 5.39. The molecule has 0 radical (unpaired) electrons. The van der Waals surface area contributed by atoms with Gasteiger partial charge >= 0.3 is 0 Å². The van der Waals surface area contributed by atoms with Crippen LogP contribution >= 0.6 is 11.8 Å². The van der Waals surface area contributed by atoms with E-state index in [1.165, 1.54) is 12.0 Å². The molecule has 0 saturated carbocycles. The fraction of sp³-hybridized carbons (Fsp3) is 0.467. The van der Waals surface area contributed by atoms with Crippen LogP contribution in [0, 0.1) is 11.8 Å². The molecule has 1 aromatic carbocycles. The lowest BCUT2D eigenvalue weighted by atomic mass is 10.1. The summed E-state index contributed by atoms with van der Waals surface area (Å²) in [6.07, 6.45) is 1.75. The Morgan fingerprint density at radius 3 is 2.82 bits per heavy atom. The first-order valence-electron chi connectivity index (χ1n) is 6.07. The molecule has 17 heavy (non-hydrogen) atoms. The van der Waals surface area contributed by atoms with Gasteiger partial charge in [0, 0.05) is 23.0 Å². The number of hydrogen-bond donors (Lipinski definition) is 1. The summed E-state index contributed by atoms with van der Waals surface area (Å²) in [6.45, 7) is 4.60. The van der Waals surface area contributed by atoms with Crippen molar-refractivity contribution in [3.8, 4) is 11.8 Å². The molecule has 1 N–H and O–H groups in total. The standard InChI is InChI=1S/C15H20OS/c1-3-13(2)17-12-15-10-5-4-8-14(15)9-6-7-11-16/h4-5,8,10,13,16H,3,7,11-12H2,1-2H3. The average molecular weight is 248 g/mol. The van der Waals surface area contributed by atoms with Gasteiger partial charge in [-0.3, -0.25) is 0 Å². The molecule has 1 rings (SSSR count). The summed E-state index contributed by atoms with van der Waals surface area (Å²) in [5.74, 6) is 7.13. The molecule has 2 heteroatoms. The maximum Gasteiger partial charge on any atom is 0.0540 e. The number of thioether (sulfide) groups is 1. The minimum absolute atomic E-state index is 0.136. The molecule has 92 valence electrons. The molecule has 0 aromatic heterocycles. The second kappa shape index (κ2) is 8.22. The Balaban J connectivity index is 2.68. The van der Waals surface area contributed by atoms with Crippen LogP contribution < -0.4 is 0 Å². The van der Waals surface area contributed by atoms with Crippen LogP contribution in [0.4, 0.5) is 0 Å². The van der Waals surface area contributed by atoms with Gasteiger partial charge in [-0.2, -0.15) is 11.8 Å².